The van der Waals surface area contributed by atoms with Crippen molar-refractivity contribution in [3.63, 3.8) is 0 Å². The van der Waals surface area contributed by atoms with E-state index in [2.05, 4.69) is 15.2 Å². The summed E-state index contributed by atoms with van der Waals surface area (Å²) >= 11 is 5.77. The normalized spacial score (nSPS) is 16.3. The number of hydrogen-bond acceptors (Lipinski definition) is 3. The number of carbonyl (C=O) groups is 1. The van der Waals surface area contributed by atoms with Gasteiger partial charge in [0.2, 0.25) is 0 Å². The van der Waals surface area contributed by atoms with Crippen molar-refractivity contribution in [3.05, 3.63) is 28.8 Å². The quantitative estimate of drug-likeness (QED) is 0.862. The zero-order chi connectivity index (χ0) is 13.7. The van der Waals surface area contributed by atoms with Gasteiger partial charge in [-0.15, -0.1) is 0 Å². The van der Waals surface area contributed by atoms with E-state index in [1.807, 2.05) is 0 Å². The Hall–Kier alpha value is -1.20. The average Bonchev–Trinajstić information content (AvgIpc) is 2.42. The number of piperidine rings is 1. The van der Waals surface area contributed by atoms with E-state index >= 15 is 0 Å². The molecule has 6 heteroatoms. The number of halogens is 2. The predicted octanol–water partition coefficient (Wildman–Crippen LogP) is 2.09. The third kappa shape index (κ3) is 4.14. The molecule has 0 unspecified atom stereocenters. The first-order valence-electron chi connectivity index (χ1n) is 6.48. The topological polar surface area (TPSA) is 45.2 Å². The standard InChI is InChI=1S/C13H17ClFN3O/c14-12-11(8-10(15)9-17-12)13(19)16-4-7-18-5-2-1-3-6-18/h8-9H,1-7H2,(H,16,19). The van der Waals surface area contributed by atoms with Crippen LogP contribution in [0, 0.1) is 5.82 Å². The molecule has 1 saturated heterocycles. The smallest absolute Gasteiger partial charge is 0.254 e. The summed E-state index contributed by atoms with van der Waals surface area (Å²) in [5.41, 5.74) is 0.0836. The fourth-order valence-electron chi connectivity index (χ4n) is 2.19. The van der Waals surface area contributed by atoms with Gasteiger partial charge in [-0.25, -0.2) is 9.37 Å². The molecule has 1 N–H and O–H groups in total. The van der Waals surface area contributed by atoms with Crippen LogP contribution in [0.25, 0.3) is 0 Å². The summed E-state index contributed by atoms with van der Waals surface area (Å²) in [5, 5.41) is 2.77. The minimum atomic E-state index is -0.564. The molecule has 1 aromatic heterocycles. The average molecular weight is 286 g/mol. The van der Waals surface area contributed by atoms with Gasteiger partial charge in [-0.1, -0.05) is 18.0 Å². The molecule has 4 nitrogen and oxygen atoms in total. The Kier molecular flexibility index (Phi) is 5.10. The van der Waals surface area contributed by atoms with Crippen LogP contribution in [-0.2, 0) is 0 Å². The zero-order valence-electron chi connectivity index (χ0n) is 10.7. The fourth-order valence-corrected chi connectivity index (χ4v) is 2.38. The highest BCUT2D eigenvalue weighted by Gasteiger charge is 2.14. The first-order valence-corrected chi connectivity index (χ1v) is 6.86. The molecule has 0 atom stereocenters. The second-order valence-electron chi connectivity index (χ2n) is 4.65. The second kappa shape index (κ2) is 6.82. The Bertz CT molecular complexity index is 450. The maximum atomic E-state index is 13.0. The number of nitrogens with zero attached hydrogens (tertiary/aromatic N) is 2. The van der Waals surface area contributed by atoms with Crippen molar-refractivity contribution >= 4 is 17.5 Å². The van der Waals surface area contributed by atoms with Crippen molar-refractivity contribution in [2.45, 2.75) is 19.3 Å². The van der Waals surface area contributed by atoms with Crippen molar-refractivity contribution in [3.8, 4) is 0 Å². The van der Waals surface area contributed by atoms with Gasteiger partial charge in [0.15, 0.2) is 0 Å². The van der Waals surface area contributed by atoms with Gasteiger partial charge < -0.3 is 10.2 Å². The summed E-state index contributed by atoms with van der Waals surface area (Å²) < 4.78 is 13.0. The number of carbonyl (C=O) groups excluding carboxylic acids is 1. The van der Waals surface area contributed by atoms with E-state index in [9.17, 15) is 9.18 Å². The van der Waals surface area contributed by atoms with Crippen LogP contribution in [-0.4, -0.2) is 42.0 Å². The molecular weight excluding hydrogens is 269 g/mol. The molecular formula is C13H17ClFN3O. The lowest BCUT2D eigenvalue weighted by Gasteiger charge is -2.26. The SMILES string of the molecule is O=C(NCCN1CCCCC1)c1cc(F)cnc1Cl. The number of aromatic nitrogens is 1. The van der Waals surface area contributed by atoms with Gasteiger partial charge in [-0.2, -0.15) is 0 Å². The van der Waals surface area contributed by atoms with Crippen LogP contribution in [0.15, 0.2) is 12.3 Å². The first-order chi connectivity index (χ1) is 9.16. The second-order valence-corrected chi connectivity index (χ2v) is 5.01. The Morgan fingerprint density at radius 1 is 1.42 bits per heavy atom. The predicted molar refractivity (Wildman–Crippen MR) is 71.8 cm³/mol. The number of amides is 1. The molecule has 1 aromatic rings. The number of hydrogen-bond donors (Lipinski definition) is 1. The van der Waals surface area contributed by atoms with Crippen LogP contribution in [0.1, 0.15) is 29.6 Å². The highest BCUT2D eigenvalue weighted by atomic mass is 35.5. The highest BCUT2D eigenvalue weighted by Crippen LogP contribution is 2.13. The van der Waals surface area contributed by atoms with Gasteiger partial charge in [-0.3, -0.25) is 4.79 Å². The van der Waals surface area contributed by atoms with Crippen LogP contribution < -0.4 is 5.32 Å². The molecule has 2 heterocycles. The van der Waals surface area contributed by atoms with Crippen LogP contribution in [0.2, 0.25) is 5.15 Å². The summed E-state index contributed by atoms with van der Waals surface area (Å²) in [5.74, 6) is -0.945. The van der Waals surface area contributed by atoms with Crippen LogP contribution in [0.5, 0.6) is 0 Å². The van der Waals surface area contributed by atoms with Gasteiger partial charge in [0.1, 0.15) is 11.0 Å². The summed E-state index contributed by atoms with van der Waals surface area (Å²) in [6, 6.07) is 1.10. The zero-order valence-corrected chi connectivity index (χ0v) is 11.4. The van der Waals surface area contributed by atoms with E-state index < -0.39 is 5.82 Å². The van der Waals surface area contributed by atoms with Gasteiger partial charge in [-0.05, 0) is 32.0 Å². The molecule has 2 rings (SSSR count). The lowest BCUT2D eigenvalue weighted by Crippen LogP contribution is -2.37. The van der Waals surface area contributed by atoms with E-state index in [0.717, 1.165) is 31.9 Å². The van der Waals surface area contributed by atoms with E-state index in [-0.39, 0.29) is 16.6 Å². The molecule has 1 aliphatic rings. The number of rotatable bonds is 4. The number of likely N-dealkylation sites (tertiary alicyclic amines) is 1. The summed E-state index contributed by atoms with van der Waals surface area (Å²) in [6.07, 6.45) is 4.71. The molecule has 1 fully saturated rings. The molecule has 19 heavy (non-hydrogen) atoms. The van der Waals surface area contributed by atoms with Crippen LogP contribution >= 0.6 is 11.6 Å². The summed E-state index contributed by atoms with van der Waals surface area (Å²) in [4.78, 5) is 17.8. The van der Waals surface area contributed by atoms with Crippen LogP contribution in [0.3, 0.4) is 0 Å². The van der Waals surface area contributed by atoms with E-state index in [1.165, 1.54) is 19.3 Å². The minimum Gasteiger partial charge on any atom is -0.351 e. The third-order valence-corrected chi connectivity index (χ3v) is 3.51. The van der Waals surface area contributed by atoms with Crippen molar-refractivity contribution < 1.29 is 9.18 Å². The monoisotopic (exact) mass is 285 g/mol. The molecule has 0 spiro atoms. The van der Waals surface area contributed by atoms with Crippen molar-refractivity contribution in [1.29, 1.82) is 0 Å². The summed E-state index contributed by atoms with van der Waals surface area (Å²) in [6.45, 7) is 3.51. The van der Waals surface area contributed by atoms with Gasteiger partial charge in [0.25, 0.3) is 5.91 Å². The van der Waals surface area contributed by atoms with Crippen molar-refractivity contribution in [1.82, 2.24) is 15.2 Å². The highest BCUT2D eigenvalue weighted by molar-refractivity contribution is 6.32. The maximum Gasteiger partial charge on any atom is 0.254 e. The molecule has 104 valence electrons. The van der Waals surface area contributed by atoms with Gasteiger partial charge in [0, 0.05) is 13.1 Å². The Morgan fingerprint density at radius 2 is 2.16 bits per heavy atom. The molecule has 1 aliphatic heterocycles. The number of nitrogens with one attached hydrogen (secondary N) is 1. The van der Waals surface area contributed by atoms with E-state index in [0.29, 0.717) is 6.54 Å². The first kappa shape index (κ1) is 14.2. The molecule has 0 aliphatic carbocycles. The van der Waals surface area contributed by atoms with Crippen molar-refractivity contribution in [2.75, 3.05) is 26.2 Å². The molecule has 0 bridgehead atoms. The Balaban J connectivity index is 1.82. The molecule has 0 radical (unpaired) electrons. The maximum absolute atomic E-state index is 13.0. The Labute approximate surface area is 117 Å². The molecule has 0 aromatic carbocycles. The third-order valence-electron chi connectivity index (χ3n) is 3.21. The number of pyridine rings is 1. The van der Waals surface area contributed by atoms with Gasteiger partial charge in [0.05, 0.1) is 11.8 Å². The lowest BCUT2D eigenvalue weighted by molar-refractivity contribution is 0.0946. The fraction of sp³-hybridized carbons (Fsp3) is 0.538. The largest absolute Gasteiger partial charge is 0.351 e. The van der Waals surface area contributed by atoms with E-state index in [4.69, 9.17) is 11.6 Å². The minimum absolute atomic E-state index is 0.0249. The van der Waals surface area contributed by atoms with Crippen LogP contribution in [0.4, 0.5) is 4.39 Å². The summed E-state index contributed by atoms with van der Waals surface area (Å²) in [7, 11) is 0. The molecule has 1 amide bonds. The Morgan fingerprint density at radius 3 is 2.89 bits per heavy atom. The lowest BCUT2D eigenvalue weighted by atomic mass is 10.1. The van der Waals surface area contributed by atoms with E-state index in [1.54, 1.807) is 0 Å². The van der Waals surface area contributed by atoms with Gasteiger partial charge >= 0.3 is 0 Å². The molecule has 0 saturated carbocycles. The van der Waals surface area contributed by atoms with Crippen molar-refractivity contribution in [2.24, 2.45) is 0 Å².